The standard InChI is InChI=1S/C16H12N2O2S/c1-9-6-7-12-13(8-9)21-16(17-12)18-14-10-4-2-3-5-11(10)15(19)20-14/h2-8,14H,1H3,(H,17,18)/t14-/m0/s1. The summed E-state index contributed by atoms with van der Waals surface area (Å²) in [4.78, 5) is 16.3. The van der Waals surface area contributed by atoms with Crippen molar-refractivity contribution in [2.24, 2.45) is 0 Å². The van der Waals surface area contributed by atoms with Gasteiger partial charge in [0.25, 0.3) is 0 Å². The Labute approximate surface area is 125 Å². The number of benzene rings is 2. The Morgan fingerprint density at radius 2 is 2.10 bits per heavy atom. The summed E-state index contributed by atoms with van der Waals surface area (Å²) in [6.07, 6.45) is -0.463. The highest BCUT2D eigenvalue weighted by Gasteiger charge is 2.30. The Kier molecular flexibility index (Phi) is 2.68. The third-order valence-electron chi connectivity index (χ3n) is 3.49. The van der Waals surface area contributed by atoms with E-state index in [1.165, 1.54) is 5.56 Å². The van der Waals surface area contributed by atoms with Crippen molar-refractivity contribution in [3.05, 3.63) is 59.2 Å². The molecule has 0 spiro atoms. The van der Waals surface area contributed by atoms with E-state index in [0.29, 0.717) is 5.56 Å². The van der Waals surface area contributed by atoms with Gasteiger partial charge in [0.15, 0.2) is 5.13 Å². The van der Waals surface area contributed by atoms with Gasteiger partial charge in [-0.1, -0.05) is 35.6 Å². The Morgan fingerprint density at radius 1 is 1.24 bits per heavy atom. The van der Waals surface area contributed by atoms with Crippen LogP contribution in [0, 0.1) is 6.92 Å². The van der Waals surface area contributed by atoms with Crippen molar-refractivity contribution in [1.29, 1.82) is 0 Å². The molecule has 0 unspecified atom stereocenters. The molecule has 1 aromatic heterocycles. The summed E-state index contributed by atoms with van der Waals surface area (Å²) < 4.78 is 6.49. The summed E-state index contributed by atoms with van der Waals surface area (Å²) in [6, 6.07) is 13.6. The van der Waals surface area contributed by atoms with Gasteiger partial charge in [-0.15, -0.1) is 0 Å². The number of nitrogens with one attached hydrogen (secondary N) is 1. The zero-order chi connectivity index (χ0) is 14.4. The molecule has 0 bridgehead atoms. The lowest BCUT2D eigenvalue weighted by molar-refractivity contribution is 0.0437. The quantitative estimate of drug-likeness (QED) is 0.729. The van der Waals surface area contributed by atoms with Gasteiger partial charge < -0.3 is 10.1 Å². The Hall–Kier alpha value is -2.40. The molecule has 1 aliphatic rings. The molecule has 2 aromatic carbocycles. The van der Waals surface area contributed by atoms with Crippen molar-refractivity contribution in [2.45, 2.75) is 13.2 Å². The fourth-order valence-electron chi connectivity index (χ4n) is 2.46. The Balaban J connectivity index is 1.68. The minimum Gasteiger partial charge on any atom is -0.434 e. The van der Waals surface area contributed by atoms with Gasteiger partial charge in [-0.05, 0) is 30.7 Å². The molecule has 0 fully saturated rings. The second-order valence-electron chi connectivity index (χ2n) is 5.01. The number of hydrogen-bond donors (Lipinski definition) is 1. The number of nitrogens with zero attached hydrogens (tertiary/aromatic N) is 1. The summed E-state index contributed by atoms with van der Waals surface area (Å²) in [7, 11) is 0. The first-order chi connectivity index (χ1) is 10.2. The number of carbonyl (C=O) groups is 1. The van der Waals surface area contributed by atoms with Crippen LogP contribution in [-0.4, -0.2) is 11.0 Å². The number of hydrogen-bond acceptors (Lipinski definition) is 5. The van der Waals surface area contributed by atoms with E-state index < -0.39 is 6.23 Å². The zero-order valence-corrected chi connectivity index (χ0v) is 12.1. The SMILES string of the molecule is Cc1ccc2nc(N[C@H]3OC(=O)c4ccccc43)sc2c1. The second kappa shape index (κ2) is 4.56. The molecule has 2 heterocycles. The molecule has 4 rings (SSSR count). The summed E-state index contributed by atoms with van der Waals surface area (Å²) >= 11 is 1.56. The molecule has 0 saturated heterocycles. The number of thiazole rings is 1. The van der Waals surface area contributed by atoms with Crippen LogP contribution in [0.3, 0.4) is 0 Å². The van der Waals surface area contributed by atoms with Crippen molar-refractivity contribution in [2.75, 3.05) is 5.32 Å². The average molecular weight is 296 g/mol. The molecule has 104 valence electrons. The van der Waals surface area contributed by atoms with Crippen molar-refractivity contribution in [1.82, 2.24) is 4.98 Å². The highest BCUT2D eigenvalue weighted by molar-refractivity contribution is 7.22. The fourth-order valence-corrected chi connectivity index (χ4v) is 3.44. The third-order valence-corrected chi connectivity index (χ3v) is 4.44. The van der Waals surface area contributed by atoms with Crippen LogP contribution in [0.5, 0.6) is 0 Å². The topological polar surface area (TPSA) is 51.2 Å². The first kappa shape index (κ1) is 12.3. The number of rotatable bonds is 2. The van der Waals surface area contributed by atoms with E-state index in [2.05, 4.69) is 23.3 Å². The maximum absolute atomic E-state index is 11.8. The van der Waals surface area contributed by atoms with Crippen molar-refractivity contribution < 1.29 is 9.53 Å². The lowest BCUT2D eigenvalue weighted by Gasteiger charge is -2.11. The number of aromatic nitrogens is 1. The lowest BCUT2D eigenvalue weighted by atomic mass is 10.1. The molecule has 3 aromatic rings. The van der Waals surface area contributed by atoms with E-state index in [4.69, 9.17) is 4.74 Å². The number of esters is 1. The van der Waals surface area contributed by atoms with Crippen molar-refractivity contribution in [3.63, 3.8) is 0 Å². The van der Waals surface area contributed by atoms with Gasteiger partial charge in [-0.25, -0.2) is 9.78 Å². The van der Waals surface area contributed by atoms with Crippen LogP contribution in [0.25, 0.3) is 10.2 Å². The summed E-state index contributed by atoms with van der Waals surface area (Å²) in [5.74, 6) is -0.292. The largest absolute Gasteiger partial charge is 0.434 e. The van der Waals surface area contributed by atoms with Crippen LogP contribution in [0.4, 0.5) is 5.13 Å². The molecule has 1 aliphatic heterocycles. The van der Waals surface area contributed by atoms with Gasteiger partial charge in [0.1, 0.15) is 0 Å². The van der Waals surface area contributed by atoms with Crippen LogP contribution in [-0.2, 0) is 4.74 Å². The van der Waals surface area contributed by atoms with Crippen molar-refractivity contribution in [3.8, 4) is 0 Å². The number of cyclic esters (lactones) is 1. The summed E-state index contributed by atoms with van der Waals surface area (Å²) in [6.45, 7) is 2.06. The molecule has 4 nitrogen and oxygen atoms in total. The van der Waals surface area contributed by atoms with Crippen molar-refractivity contribution >= 4 is 32.7 Å². The molecule has 1 atom stereocenters. The van der Waals surface area contributed by atoms with E-state index in [-0.39, 0.29) is 5.97 Å². The van der Waals surface area contributed by atoms with Crippen LogP contribution in [0.1, 0.15) is 27.7 Å². The van der Waals surface area contributed by atoms with Gasteiger partial charge >= 0.3 is 5.97 Å². The first-order valence-electron chi connectivity index (χ1n) is 6.64. The van der Waals surface area contributed by atoms with Gasteiger partial charge in [-0.2, -0.15) is 0 Å². The minimum atomic E-state index is -0.463. The van der Waals surface area contributed by atoms with E-state index in [1.807, 2.05) is 30.3 Å². The van der Waals surface area contributed by atoms with Gasteiger partial charge in [-0.3, -0.25) is 0 Å². The van der Waals surface area contributed by atoms with Crippen LogP contribution < -0.4 is 5.32 Å². The first-order valence-corrected chi connectivity index (χ1v) is 7.46. The summed E-state index contributed by atoms with van der Waals surface area (Å²) in [5, 5.41) is 3.96. The van der Waals surface area contributed by atoms with Gasteiger partial charge in [0.2, 0.25) is 6.23 Å². The number of ether oxygens (including phenoxy) is 1. The average Bonchev–Trinajstić information content (AvgIpc) is 3.01. The fraction of sp³-hybridized carbons (Fsp3) is 0.125. The second-order valence-corrected chi connectivity index (χ2v) is 6.04. The maximum Gasteiger partial charge on any atom is 0.340 e. The normalized spacial score (nSPS) is 16.8. The molecular weight excluding hydrogens is 284 g/mol. The molecule has 5 heteroatoms. The molecule has 21 heavy (non-hydrogen) atoms. The van der Waals surface area contributed by atoms with E-state index in [9.17, 15) is 4.79 Å². The molecule has 0 saturated carbocycles. The van der Waals surface area contributed by atoms with E-state index in [0.717, 1.165) is 20.9 Å². The number of carbonyl (C=O) groups excluding carboxylic acids is 1. The van der Waals surface area contributed by atoms with Gasteiger partial charge in [0.05, 0.1) is 15.8 Å². The van der Waals surface area contributed by atoms with E-state index >= 15 is 0 Å². The highest BCUT2D eigenvalue weighted by Crippen LogP contribution is 2.34. The smallest absolute Gasteiger partial charge is 0.340 e. The zero-order valence-electron chi connectivity index (χ0n) is 11.3. The Morgan fingerprint density at radius 3 is 3.00 bits per heavy atom. The van der Waals surface area contributed by atoms with Crippen LogP contribution >= 0.6 is 11.3 Å². The monoisotopic (exact) mass is 296 g/mol. The van der Waals surface area contributed by atoms with Crippen LogP contribution in [0.2, 0.25) is 0 Å². The minimum absolute atomic E-state index is 0.292. The molecule has 1 N–H and O–H groups in total. The number of anilines is 1. The third kappa shape index (κ3) is 2.06. The van der Waals surface area contributed by atoms with E-state index in [1.54, 1.807) is 17.4 Å². The summed E-state index contributed by atoms with van der Waals surface area (Å²) in [5.41, 5.74) is 3.63. The lowest BCUT2D eigenvalue weighted by Crippen LogP contribution is -2.09. The molecule has 0 amide bonds. The van der Waals surface area contributed by atoms with Crippen LogP contribution in [0.15, 0.2) is 42.5 Å². The number of fused-ring (bicyclic) bond motifs is 2. The predicted molar refractivity (Wildman–Crippen MR) is 82.6 cm³/mol. The number of aryl methyl sites for hydroxylation is 1. The Bertz CT molecular complexity index is 856. The molecule has 0 radical (unpaired) electrons. The highest BCUT2D eigenvalue weighted by atomic mass is 32.1. The maximum atomic E-state index is 11.8. The molecule has 0 aliphatic carbocycles. The van der Waals surface area contributed by atoms with Gasteiger partial charge in [0, 0.05) is 5.56 Å². The molecular formula is C16H12N2O2S. The predicted octanol–water partition coefficient (Wildman–Crippen LogP) is 3.89.